The number of aromatic nitrogens is 6. The van der Waals surface area contributed by atoms with Gasteiger partial charge in [0.15, 0.2) is 0 Å². The molecule has 12 nitrogen and oxygen atoms in total. The van der Waals surface area contributed by atoms with Crippen molar-refractivity contribution in [3.05, 3.63) is 66.2 Å². The van der Waals surface area contributed by atoms with Gasteiger partial charge in [-0.05, 0) is 72.5 Å². The minimum atomic E-state index is -0.277. The van der Waals surface area contributed by atoms with Crippen LogP contribution in [0.25, 0.3) is 11.1 Å². The van der Waals surface area contributed by atoms with E-state index in [0.717, 1.165) is 43.5 Å². The molecule has 0 saturated carbocycles. The molecule has 0 unspecified atom stereocenters. The molecule has 0 radical (unpaired) electrons. The van der Waals surface area contributed by atoms with Gasteiger partial charge in [-0.3, -0.25) is 4.79 Å². The van der Waals surface area contributed by atoms with Crippen molar-refractivity contribution in [3.8, 4) is 28.7 Å². The van der Waals surface area contributed by atoms with Crippen LogP contribution in [0.3, 0.4) is 0 Å². The number of methoxy groups -OCH3 is 1. The summed E-state index contributed by atoms with van der Waals surface area (Å²) in [6.07, 6.45) is 7.80. The topological polar surface area (TPSA) is 144 Å². The largest absolute Gasteiger partial charge is 0.495 e. The van der Waals surface area contributed by atoms with Gasteiger partial charge >= 0.3 is 0 Å². The van der Waals surface area contributed by atoms with Gasteiger partial charge in [0.05, 0.1) is 24.9 Å². The highest BCUT2D eigenvalue weighted by molar-refractivity contribution is 5.96. The highest BCUT2D eigenvalue weighted by Gasteiger charge is 2.20. The molecule has 1 aliphatic heterocycles. The maximum absolute atomic E-state index is 13.0. The van der Waals surface area contributed by atoms with Gasteiger partial charge in [-0.15, -0.1) is 5.10 Å². The maximum atomic E-state index is 13.0. The average Bonchev–Trinajstić information content (AvgIpc) is 3.50. The van der Waals surface area contributed by atoms with Crippen LogP contribution in [0.5, 0.6) is 11.5 Å². The highest BCUT2D eigenvalue weighted by Crippen LogP contribution is 2.30. The molecule has 0 aliphatic carbocycles. The number of nitrogens with one attached hydrogen (secondary N) is 1. The summed E-state index contributed by atoms with van der Waals surface area (Å²) >= 11 is 0. The predicted molar refractivity (Wildman–Crippen MR) is 146 cm³/mol. The second-order valence-electron chi connectivity index (χ2n) is 9.47. The van der Waals surface area contributed by atoms with Gasteiger partial charge in [0.2, 0.25) is 5.95 Å². The van der Waals surface area contributed by atoms with Crippen LogP contribution in [0, 0.1) is 11.3 Å². The lowest BCUT2D eigenvalue weighted by molar-refractivity contribution is 0.0724. The van der Waals surface area contributed by atoms with Crippen LogP contribution in [0.15, 0.2) is 55.1 Å². The van der Waals surface area contributed by atoms with Crippen molar-refractivity contribution < 1.29 is 14.3 Å². The van der Waals surface area contributed by atoms with Crippen molar-refractivity contribution in [1.82, 2.24) is 35.1 Å². The Bertz CT molecular complexity index is 1490. The van der Waals surface area contributed by atoms with Crippen LogP contribution in [-0.4, -0.2) is 67.3 Å². The van der Waals surface area contributed by atoms with Gasteiger partial charge in [0.25, 0.3) is 5.91 Å². The van der Waals surface area contributed by atoms with Gasteiger partial charge in [-0.1, -0.05) is 6.07 Å². The minimum absolute atomic E-state index is 0.00721. The zero-order chi connectivity index (χ0) is 27.9. The highest BCUT2D eigenvalue weighted by atomic mass is 16.5. The lowest BCUT2D eigenvalue weighted by atomic mass is 10.1. The lowest BCUT2D eigenvalue weighted by Crippen LogP contribution is -2.35. The molecule has 1 atom stereocenters. The molecule has 12 heteroatoms. The van der Waals surface area contributed by atoms with Crippen molar-refractivity contribution in [3.63, 3.8) is 0 Å². The third-order valence-electron chi connectivity index (χ3n) is 6.59. The Labute approximate surface area is 231 Å². The average molecular weight is 540 g/mol. The number of tetrazole rings is 1. The van der Waals surface area contributed by atoms with Crippen molar-refractivity contribution >= 4 is 17.5 Å². The summed E-state index contributed by atoms with van der Waals surface area (Å²) in [5.74, 6) is 1.38. The normalized spacial score (nSPS) is 13.8. The zero-order valence-electron chi connectivity index (χ0n) is 22.3. The molecule has 0 spiro atoms. The van der Waals surface area contributed by atoms with Gasteiger partial charge in [-0.2, -0.15) is 5.26 Å². The number of hydrogen-bond acceptors (Lipinski definition) is 10. The number of nitrogens with zero attached hydrogens (tertiary/aromatic N) is 8. The van der Waals surface area contributed by atoms with Crippen molar-refractivity contribution in [2.24, 2.45) is 0 Å². The number of carbonyl (C=O) groups excluding carboxylic acids is 1. The molecule has 1 fully saturated rings. The Morgan fingerprint density at radius 2 is 1.88 bits per heavy atom. The summed E-state index contributed by atoms with van der Waals surface area (Å²) in [5.41, 5.74) is 3.14. The van der Waals surface area contributed by atoms with Gasteiger partial charge in [0.1, 0.15) is 30.0 Å². The predicted octanol–water partition coefficient (Wildman–Crippen LogP) is 3.85. The Hall–Kier alpha value is -5.05. The first-order valence-electron chi connectivity index (χ1n) is 13.0. The number of anilines is 2. The van der Waals surface area contributed by atoms with Crippen molar-refractivity contribution in [1.29, 1.82) is 5.26 Å². The second-order valence-corrected chi connectivity index (χ2v) is 9.47. The first-order valence-corrected chi connectivity index (χ1v) is 13.0. The van der Waals surface area contributed by atoms with Gasteiger partial charge < -0.3 is 19.7 Å². The monoisotopic (exact) mass is 539 g/mol. The fourth-order valence-corrected chi connectivity index (χ4v) is 4.55. The first kappa shape index (κ1) is 26.6. The smallest absolute Gasteiger partial charge is 0.253 e. The number of rotatable bonds is 9. The van der Waals surface area contributed by atoms with Crippen molar-refractivity contribution in [2.45, 2.75) is 38.8 Å². The third kappa shape index (κ3) is 6.15. The fraction of sp³-hybridized carbons (Fsp3) is 0.321. The van der Waals surface area contributed by atoms with Crippen LogP contribution in [0.2, 0.25) is 0 Å². The molecule has 3 heterocycles. The van der Waals surface area contributed by atoms with E-state index < -0.39 is 0 Å². The molecule has 4 aromatic rings. The van der Waals surface area contributed by atoms with E-state index in [1.54, 1.807) is 54.5 Å². The number of carbonyl (C=O) groups is 1. The summed E-state index contributed by atoms with van der Waals surface area (Å²) in [6, 6.07) is 12.8. The summed E-state index contributed by atoms with van der Waals surface area (Å²) in [5, 5.41) is 23.8. The van der Waals surface area contributed by atoms with Crippen LogP contribution >= 0.6 is 0 Å². The van der Waals surface area contributed by atoms with E-state index >= 15 is 0 Å². The van der Waals surface area contributed by atoms with Crippen LogP contribution < -0.4 is 14.8 Å². The van der Waals surface area contributed by atoms with E-state index in [1.807, 2.05) is 17.9 Å². The summed E-state index contributed by atoms with van der Waals surface area (Å²) < 4.78 is 13.1. The van der Waals surface area contributed by atoms with E-state index in [-0.39, 0.29) is 12.0 Å². The van der Waals surface area contributed by atoms with E-state index in [2.05, 4.69) is 36.9 Å². The fourth-order valence-electron chi connectivity index (χ4n) is 4.55. The van der Waals surface area contributed by atoms with Gasteiger partial charge in [-0.25, -0.2) is 14.6 Å². The summed E-state index contributed by atoms with van der Waals surface area (Å²) in [4.78, 5) is 23.8. The minimum Gasteiger partial charge on any atom is -0.495 e. The Balaban J connectivity index is 1.32. The van der Waals surface area contributed by atoms with Crippen LogP contribution in [0.4, 0.5) is 11.6 Å². The van der Waals surface area contributed by atoms with Crippen LogP contribution in [0.1, 0.15) is 42.1 Å². The molecule has 2 aromatic carbocycles. The van der Waals surface area contributed by atoms with E-state index in [1.165, 1.54) is 6.33 Å². The van der Waals surface area contributed by atoms with E-state index in [9.17, 15) is 10.1 Å². The molecule has 1 saturated heterocycles. The summed E-state index contributed by atoms with van der Waals surface area (Å²) in [6.45, 7) is 3.86. The molecule has 204 valence electrons. The zero-order valence-corrected chi connectivity index (χ0v) is 22.3. The second kappa shape index (κ2) is 12.2. The molecule has 1 N–H and O–H groups in total. The Morgan fingerprint density at radius 1 is 1.07 bits per heavy atom. The number of ether oxygens (including phenoxy) is 2. The lowest BCUT2D eigenvalue weighted by Gasteiger charge is -2.27. The maximum Gasteiger partial charge on any atom is 0.253 e. The van der Waals surface area contributed by atoms with E-state index in [0.29, 0.717) is 40.8 Å². The number of nitriles is 1. The molecule has 0 bridgehead atoms. The molecule has 5 rings (SSSR count). The molecule has 1 aliphatic rings. The molecular formula is C28H29N9O3. The van der Waals surface area contributed by atoms with E-state index in [4.69, 9.17) is 9.47 Å². The number of amides is 1. The standard InChI is InChI=1S/C28H29N9O3/c1-19(17-37-18-32-34-35-37)40-26-13-20(6-7-22(26)14-29)23-15-30-28(31-16-23)33-24-12-21(8-9-25(24)39-2)27(38)36-10-4-3-5-11-36/h6-9,12-13,15-16,18-19H,3-5,10-11,17H2,1-2H3,(H,30,31,33)/t19-/m0/s1. The number of likely N-dealkylation sites (tertiary alicyclic amines) is 1. The molecule has 1 amide bonds. The van der Waals surface area contributed by atoms with Gasteiger partial charge in [0, 0.05) is 36.6 Å². The quantitative estimate of drug-likeness (QED) is 0.333. The summed E-state index contributed by atoms with van der Waals surface area (Å²) in [7, 11) is 1.57. The Kier molecular flexibility index (Phi) is 8.10. The molecular weight excluding hydrogens is 510 g/mol. The third-order valence-corrected chi connectivity index (χ3v) is 6.59. The Morgan fingerprint density at radius 3 is 2.58 bits per heavy atom. The number of hydrogen-bond donors (Lipinski definition) is 1. The molecule has 40 heavy (non-hydrogen) atoms. The number of benzene rings is 2. The first-order chi connectivity index (χ1) is 19.5. The number of piperidine rings is 1. The molecule has 2 aromatic heterocycles. The van der Waals surface area contributed by atoms with Crippen LogP contribution in [-0.2, 0) is 6.54 Å². The SMILES string of the molecule is COc1ccc(C(=O)N2CCCCC2)cc1Nc1ncc(-c2ccc(C#N)c(O[C@@H](C)Cn3cnnn3)c2)cn1. The van der Waals surface area contributed by atoms with Crippen molar-refractivity contribution in [2.75, 3.05) is 25.5 Å².